The zero-order valence-corrected chi connectivity index (χ0v) is 12.1. The van der Waals surface area contributed by atoms with E-state index in [9.17, 15) is 4.79 Å². The minimum atomic E-state index is 0.163. The van der Waals surface area contributed by atoms with Gasteiger partial charge in [-0.15, -0.1) is 0 Å². The third-order valence-corrected chi connectivity index (χ3v) is 4.63. The van der Waals surface area contributed by atoms with Gasteiger partial charge in [-0.25, -0.2) is 0 Å². The van der Waals surface area contributed by atoms with E-state index in [1.165, 1.54) is 12.8 Å². The van der Waals surface area contributed by atoms with Gasteiger partial charge in [0.1, 0.15) is 11.8 Å². The maximum atomic E-state index is 12.5. The first-order valence-corrected chi connectivity index (χ1v) is 7.40. The van der Waals surface area contributed by atoms with Crippen LogP contribution in [0, 0.1) is 5.92 Å². The average molecular weight is 271 g/mol. The third-order valence-electron chi connectivity index (χ3n) is 4.63. The van der Waals surface area contributed by atoms with Gasteiger partial charge in [0.15, 0.2) is 5.78 Å². The molecule has 2 aromatic rings. The van der Waals surface area contributed by atoms with Crippen LogP contribution in [0.4, 0.5) is 0 Å². The lowest BCUT2D eigenvalue weighted by Gasteiger charge is -2.37. The van der Waals surface area contributed by atoms with Gasteiger partial charge in [-0.2, -0.15) is 0 Å². The zero-order valence-electron chi connectivity index (χ0n) is 12.1. The zero-order chi connectivity index (χ0) is 14.1. The van der Waals surface area contributed by atoms with Crippen LogP contribution in [0.15, 0.2) is 34.9 Å². The Bertz CT molecular complexity index is 616. The number of carbonyl (C=O) groups excluding carboxylic acids is 1. The number of furan rings is 1. The van der Waals surface area contributed by atoms with Gasteiger partial charge in [0, 0.05) is 11.4 Å². The van der Waals surface area contributed by atoms with Gasteiger partial charge in [0.05, 0.1) is 12.1 Å². The minimum Gasteiger partial charge on any atom is -0.464 e. The summed E-state index contributed by atoms with van der Waals surface area (Å²) in [5, 5.41) is 0.926. The van der Waals surface area contributed by atoms with E-state index in [0.717, 1.165) is 17.5 Å². The molecule has 0 aliphatic carbocycles. The molecule has 0 N–H and O–H groups in total. The summed E-state index contributed by atoms with van der Waals surface area (Å²) in [6, 6.07) is 8.20. The highest BCUT2D eigenvalue weighted by molar-refractivity contribution is 6.08. The van der Waals surface area contributed by atoms with Crippen LogP contribution in [-0.2, 0) is 0 Å². The Morgan fingerprint density at radius 1 is 1.35 bits per heavy atom. The van der Waals surface area contributed by atoms with Crippen molar-refractivity contribution in [3.8, 4) is 0 Å². The lowest BCUT2D eigenvalue weighted by Crippen LogP contribution is -2.44. The fraction of sp³-hybridized carbons (Fsp3) is 0.471. The van der Waals surface area contributed by atoms with Crippen molar-refractivity contribution in [2.24, 2.45) is 5.92 Å². The van der Waals surface area contributed by atoms with Gasteiger partial charge in [0.25, 0.3) is 0 Å². The van der Waals surface area contributed by atoms with Crippen molar-refractivity contribution in [3.05, 3.63) is 36.1 Å². The maximum Gasteiger partial charge on any atom is 0.180 e. The van der Waals surface area contributed by atoms with Gasteiger partial charge in [0.2, 0.25) is 0 Å². The number of likely N-dealkylation sites (tertiary alicyclic amines) is 1. The first kappa shape index (κ1) is 13.4. The number of piperidine rings is 1. The molecule has 1 saturated heterocycles. The summed E-state index contributed by atoms with van der Waals surface area (Å²) in [5.41, 5.74) is 1.50. The number of carbonyl (C=O) groups is 1. The summed E-state index contributed by atoms with van der Waals surface area (Å²) in [6.45, 7) is 6.02. The molecule has 2 atom stereocenters. The van der Waals surface area contributed by atoms with E-state index in [-0.39, 0.29) is 5.78 Å². The summed E-state index contributed by atoms with van der Waals surface area (Å²) in [7, 11) is 0. The Labute approximate surface area is 119 Å². The van der Waals surface area contributed by atoms with Gasteiger partial charge in [-0.1, -0.05) is 25.1 Å². The van der Waals surface area contributed by atoms with Crippen molar-refractivity contribution < 1.29 is 9.21 Å². The average Bonchev–Trinajstić information content (AvgIpc) is 2.88. The second kappa shape index (κ2) is 5.41. The maximum absolute atomic E-state index is 12.5. The van der Waals surface area contributed by atoms with Crippen LogP contribution in [0.25, 0.3) is 11.0 Å². The molecule has 1 aliphatic heterocycles. The second-order valence-corrected chi connectivity index (χ2v) is 5.90. The molecule has 0 spiro atoms. The smallest absolute Gasteiger partial charge is 0.180 e. The van der Waals surface area contributed by atoms with Gasteiger partial charge in [-0.05, 0) is 38.3 Å². The lowest BCUT2D eigenvalue weighted by atomic mass is 9.91. The standard InChI is InChI=1S/C17H21NO2/c1-12-6-5-9-18(13(12)2)10-16(19)15-11-20-17-8-4-3-7-14(15)17/h3-4,7-8,11-13H,5-6,9-10H2,1-2H3. The summed E-state index contributed by atoms with van der Waals surface area (Å²) in [5.74, 6) is 0.827. The van der Waals surface area contributed by atoms with E-state index in [2.05, 4.69) is 18.7 Å². The molecule has 1 fully saturated rings. The Balaban J connectivity index is 1.79. The fourth-order valence-corrected chi connectivity index (χ4v) is 3.11. The molecule has 2 unspecified atom stereocenters. The Hall–Kier alpha value is -1.61. The SMILES string of the molecule is CC1CCCN(CC(=O)c2coc3ccccc23)C1C. The van der Waals surface area contributed by atoms with E-state index in [1.54, 1.807) is 6.26 Å². The normalized spacial score (nSPS) is 24.1. The summed E-state index contributed by atoms with van der Waals surface area (Å²) >= 11 is 0. The molecule has 3 nitrogen and oxygen atoms in total. The largest absolute Gasteiger partial charge is 0.464 e. The quantitative estimate of drug-likeness (QED) is 0.797. The van der Waals surface area contributed by atoms with Crippen LogP contribution in [0.2, 0.25) is 0 Å². The molecule has 0 saturated carbocycles. The number of nitrogens with zero attached hydrogens (tertiary/aromatic N) is 1. The summed E-state index contributed by atoms with van der Waals surface area (Å²) in [4.78, 5) is 14.8. The van der Waals surface area contributed by atoms with Crippen LogP contribution >= 0.6 is 0 Å². The molecule has 0 amide bonds. The molecule has 3 rings (SSSR count). The van der Waals surface area contributed by atoms with Crippen molar-refractivity contribution in [2.75, 3.05) is 13.1 Å². The highest BCUT2D eigenvalue weighted by Crippen LogP contribution is 2.25. The molecule has 20 heavy (non-hydrogen) atoms. The van der Waals surface area contributed by atoms with Gasteiger partial charge in [-0.3, -0.25) is 9.69 Å². The number of para-hydroxylation sites is 1. The highest BCUT2D eigenvalue weighted by atomic mass is 16.3. The van der Waals surface area contributed by atoms with Gasteiger partial charge < -0.3 is 4.42 Å². The molecule has 0 bridgehead atoms. The van der Waals surface area contributed by atoms with E-state index in [0.29, 0.717) is 24.1 Å². The predicted molar refractivity (Wildman–Crippen MR) is 80.0 cm³/mol. The Kier molecular flexibility index (Phi) is 3.62. The van der Waals surface area contributed by atoms with Crippen LogP contribution in [-0.4, -0.2) is 29.8 Å². The van der Waals surface area contributed by atoms with Crippen molar-refractivity contribution in [1.82, 2.24) is 4.90 Å². The monoisotopic (exact) mass is 271 g/mol. The second-order valence-electron chi connectivity index (χ2n) is 5.90. The number of Topliss-reactive ketones (excluding diaryl/α,β-unsaturated/α-hetero) is 1. The predicted octanol–water partition coefficient (Wildman–Crippen LogP) is 3.74. The third kappa shape index (κ3) is 2.38. The van der Waals surface area contributed by atoms with E-state index in [4.69, 9.17) is 4.42 Å². The number of ketones is 1. The van der Waals surface area contributed by atoms with Crippen molar-refractivity contribution in [1.29, 1.82) is 0 Å². The van der Waals surface area contributed by atoms with Crippen molar-refractivity contribution in [3.63, 3.8) is 0 Å². The van der Waals surface area contributed by atoms with Crippen molar-refractivity contribution >= 4 is 16.8 Å². The van der Waals surface area contributed by atoms with Crippen LogP contribution < -0.4 is 0 Å². The molecule has 1 aromatic heterocycles. The highest BCUT2D eigenvalue weighted by Gasteiger charge is 2.27. The Morgan fingerprint density at radius 3 is 3.00 bits per heavy atom. The molecule has 1 aromatic carbocycles. The number of fused-ring (bicyclic) bond motifs is 1. The van der Waals surface area contributed by atoms with Crippen molar-refractivity contribution in [2.45, 2.75) is 32.7 Å². The van der Waals surface area contributed by atoms with E-state index < -0.39 is 0 Å². The molecule has 1 aliphatic rings. The molecular formula is C17H21NO2. The number of hydrogen-bond donors (Lipinski definition) is 0. The summed E-state index contributed by atoms with van der Waals surface area (Å²) < 4.78 is 5.47. The van der Waals surface area contributed by atoms with Crippen LogP contribution in [0.1, 0.15) is 37.0 Å². The molecule has 2 heterocycles. The molecule has 3 heteroatoms. The van der Waals surface area contributed by atoms with E-state index in [1.807, 2.05) is 24.3 Å². The molecule has 0 radical (unpaired) electrons. The number of rotatable bonds is 3. The number of benzene rings is 1. The van der Waals surface area contributed by atoms with E-state index >= 15 is 0 Å². The molecule has 106 valence electrons. The van der Waals surface area contributed by atoms with Crippen LogP contribution in [0.3, 0.4) is 0 Å². The molecular weight excluding hydrogens is 250 g/mol. The van der Waals surface area contributed by atoms with Gasteiger partial charge >= 0.3 is 0 Å². The summed E-state index contributed by atoms with van der Waals surface area (Å²) in [6.07, 6.45) is 4.05. The first-order valence-electron chi connectivity index (χ1n) is 7.40. The topological polar surface area (TPSA) is 33.5 Å². The number of hydrogen-bond acceptors (Lipinski definition) is 3. The Morgan fingerprint density at radius 2 is 2.15 bits per heavy atom. The lowest BCUT2D eigenvalue weighted by molar-refractivity contribution is 0.0780. The first-order chi connectivity index (χ1) is 9.66. The van der Waals surface area contributed by atoms with Crippen LogP contribution in [0.5, 0.6) is 0 Å². The minimum absolute atomic E-state index is 0.163. The fourth-order valence-electron chi connectivity index (χ4n) is 3.11.